The molecule has 0 aliphatic heterocycles. The van der Waals surface area contributed by atoms with Gasteiger partial charge in [0.1, 0.15) is 11.5 Å². The summed E-state index contributed by atoms with van der Waals surface area (Å²) in [6, 6.07) is 3.88. The maximum atomic E-state index is 11.9. The van der Waals surface area contributed by atoms with Crippen molar-refractivity contribution < 1.29 is 9.21 Å². The van der Waals surface area contributed by atoms with Gasteiger partial charge in [-0.25, -0.2) is 0 Å². The summed E-state index contributed by atoms with van der Waals surface area (Å²) >= 11 is 0. The van der Waals surface area contributed by atoms with Crippen LogP contribution in [0.4, 0.5) is 0 Å². The molecule has 3 nitrogen and oxygen atoms in total. The van der Waals surface area contributed by atoms with Gasteiger partial charge < -0.3 is 4.42 Å². The molecular formula is C14H21NO2. The fraction of sp³-hybridized carbons (Fsp3) is 0.643. The third kappa shape index (κ3) is 3.70. The van der Waals surface area contributed by atoms with Gasteiger partial charge in [-0.15, -0.1) is 0 Å². The van der Waals surface area contributed by atoms with Gasteiger partial charge in [0.2, 0.25) is 0 Å². The second kappa shape index (κ2) is 6.01. The molecule has 1 heterocycles. The zero-order valence-corrected chi connectivity index (χ0v) is 10.5. The van der Waals surface area contributed by atoms with E-state index >= 15 is 0 Å². The molecule has 94 valence electrons. The number of hydrogen-bond acceptors (Lipinski definition) is 3. The predicted molar refractivity (Wildman–Crippen MR) is 66.6 cm³/mol. The average molecular weight is 235 g/mol. The van der Waals surface area contributed by atoms with Crippen LogP contribution >= 0.6 is 0 Å². The van der Waals surface area contributed by atoms with Crippen LogP contribution in [0.2, 0.25) is 0 Å². The van der Waals surface area contributed by atoms with Crippen LogP contribution in [0.5, 0.6) is 0 Å². The zero-order chi connectivity index (χ0) is 12.1. The van der Waals surface area contributed by atoms with E-state index in [1.165, 1.54) is 12.8 Å². The van der Waals surface area contributed by atoms with Crippen LogP contribution in [0.25, 0.3) is 0 Å². The van der Waals surface area contributed by atoms with Gasteiger partial charge in [0, 0.05) is 18.9 Å². The van der Waals surface area contributed by atoms with E-state index in [0.29, 0.717) is 5.78 Å². The number of carbonyl (C=O) groups excluding carboxylic acids is 1. The number of hydrogen-bond donors (Lipinski definition) is 0. The van der Waals surface area contributed by atoms with Crippen molar-refractivity contribution in [3.8, 4) is 0 Å². The van der Waals surface area contributed by atoms with E-state index in [0.717, 1.165) is 38.1 Å². The second-order valence-electron chi connectivity index (χ2n) is 5.04. The number of rotatable bonds is 4. The average Bonchev–Trinajstić information content (AvgIpc) is 2.71. The van der Waals surface area contributed by atoms with Gasteiger partial charge in [0.05, 0.1) is 12.8 Å². The fourth-order valence-corrected chi connectivity index (χ4v) is 2.53. The molecule has 0 N–H and O–H groups in total. The summed E-state index contributed by atoms with van der Waals surface area (Å²) < 4.78 is 5.32. The fourth-order valence-electron chi connectivity index (χ4n) is 2.53. The Hall–Kier alpha value is -1.09. The Bertz CT molecular complexity index is 345. The zero-order valence-electron chi connectivity index (χ0n) is 10.5. The van der Waals surface area contributed by atoms with Crippen molar-refractivity contribution >= 4 is 5.78 Å². The predicted octanol–water partition coefficient (Wildman–Crippen LogP) is 2.86. The monoisotopic (exact) mass is 235 g/mol. The lowest BCUT2D eigenvalue weighted by atomic mass is 9.98. The van der Waals surface area contributed by atoms with E-state index < -0.39 is 0 Å². The molecule has 1 atom stereocenters. The molecule has 17 heavy (non-hydrogen) atoms. The Kier molecular flexibility index (Phi) is 4.37. The molecule has 0 bridgehead atoms. The van der Waals surface area contributed by atoms with E-state index in [1.54, 1.807) is 6.26 Å². The van der Waals surface area contributed by atoms with E-state index in [1.807, 2.05) is 12.1 Å². The van der Waals surface area contributed by atoms with Crippen molar-refractivity contribution in [2.24, 2.45) is 5.92 Å². The number of carbonyl (C=O) groups is 1. The molecule has 3 heteroatoms. The molecule has 0 spiro atoms. The first-order valence-corrected chi connectivity index (χ1v) is 6.49. The first-order chi connectivity index (χ1) is 8.25. The first kappa shape index (κ1) is 12.4. The number of furan rings is 1. The van der Waals surface area contributed by atoms with E-state index in [9.17, 15) is 4.79 Å². The lowest BCUT2D eigenvalue weighted by Gasteiger charge is -2.21. The Morgan fingerprint density at radius 1 is 1.41 bits per heavy atom. The standard InChI is InChI=1S/C14H21NO2/c1-15(11-13-7-5-9-17-13)10-12-6-3-2-4-8-14(12)16/h5,7,9,12H,2-4,6,8,10-11H2,1H3. The Morgan fingerprint density at radius 3 is 3.06 bits per heavy atom. The topological polar surface area (TPSA) is 33.5 Å². The van der Waals surface area contributed by atoms with Gasteiger partial charge in [-0.2, -0.15) is 0 Å². The number of ketones is 1. The molecule has 1 aromatic rings. The highest BCUT2D eigenvalue weighted by molar-refractivity contribution is 5.81. The summed E-state index contributed by atoms with van der Waals surface area (Å²) in [5.41, 5.74) is 0. The molecule has 1 unspecified atom stereocenters. The molecule has 0 aromatic carbocycles. The van der Waals surface area contributed by atoms with Crippen LogP contribution < -0.4 is 0 Å². The molecule has 2 rings (SSSR count). The minimum atomic E-state index is 0.234. The summed E-state index contributed by atoms with van der Waals surface area (Å²) in [4.78, 5) is 14.1. The molecule has 0 amide bonds. The van der Waals surface area contributed by atoms with E-state index in [4.69, 9.17) is 4.42 Å². The summed E-state index contributed by atoms with van der Waals surface area (Å²) in [6.07, 6.45) is 7.02. The molecule has 1 saturated carbocycles. The van der Waals surface area contributed by atoms with Crippen LogP contribution in [0.1, 0.15) is 37.9 Å². The SMILES string of the molecule is CN(Cc1ccco1)CC1CCCCCC1=O. The van der Waals surface area contributed by atoms with Crippen molar-refractivity contribution in [3.05, 3.63) is 24.2 Å². The molecule has 0 radical (unpaired) electrons. The van der Waals surface area contributed by atoms with Crippen molar-refractivity contribution in [3.63, 3.8) is 0 Å². The number of nitrogens with zero attached hydrogens (tertiary/aromatic N) is 1. The van der Waals surface area contributed by atoms with Crippen molar-refractivity contribution in [2.75, 3.05) is 13.6 Å². The van der Waals surface area contributed by atoms with Gasteiger partial charge in [-0.05, 0) is 32.0 Å². The third-order valence-corrected chi connectivity index (χ3v) is 3.47. The third-order valence-electron chi connectivity index (χ3n) is 3.47. The summed E-state index contributed by atoms with van der Waals surface area (Å²) in [5, 5.41) is 0. The minimum Gasteiger partial charge on any atom is -0.468 e. The van der Waals surface area contributed by atoms with E-state index in [2.05, 4.69) is 11.9 Å². The summed E-state index contributed by atoms with van der Waals surface area (Å²) in [6.45, 7) is 1.65. The van der Waals surface area contributed by atoms with Crippen LogP contribution in [-0.2, 0) is 11.3 Å². The van der Waals surface area contributed by atoms with Crippen LogP contribution in [-0.4, -0.2) is 24.3 Å². The highest BCUT2D eigenvalue weighted by Crippen LogP contribution is 2.21. The van der Waals surface area contributed by atoms with E-state index in [-0.39, 0.29) is 5.92 Å². The molecule has 0 saturated heterocycles. The van der Waals surface area contributed by atoms with Gasteiger partial charge in [-0.3, -0.25) is 9.69 Å². The Morgan fingerprint density at radius 2 is 2.29 bits per heavy atom. The lowest BCUT2D eigenvalue weighted by Crippen LogP contribution is -2.29. The normalized spacial score (nSPS) is 21.8. The summed E-state index contributed by atoms with van der Waals surface area (Å²) in [7, 11) is 2.06. The quantitative estimate of drug-likeness (QED) is 0.752. The Balaban J connectivity index is 1.84. The van der Waals surface area contributed by atoms with Crippen LogP contribution in [0.15, 0.2) is 22.8 Å². The minimum absolute atomic E-state index is 0.234. The van der Waals surface area contributed by atoms with Crippen molar-refractivity contribution in [2.45, 2.75) is 38.6 Å². The van der Waals surface area contributed by atoms with Crippen LogP contribution in [0, 0.1) is 5.92 Å². The molecule has 1 aromatic heterocycles. The molecular weight excluding hydrogens is 214 g/mol. The summed E-state index contributed by atoms with van der Waals surface area (Å²) in [5.74, 6) is 1.65. The van der Waals surface area contributed by atoms with Gasteiger partial charge in [0.25, 0.3) is 0 Å². The molecule has 1 fully saturated rings. The first-order valence-electron chi connectivity index (χ1n) is 6.49. The highest BCUT2D eigenvalue weighted by Gasteiger charge is 2.22. The van der Waals surface area contributed by atoms with Crippen molar-refractivity contribution in [1.29, 1.82) is 0 Å². The van der Waals surface area contributed by atoms with Gasteiger partial charge >= 0.3 is 0 Å². The maximum Gasteiger partial charge on any atom is 0.137 e. The van der Waals surface area contributed by atoms with Crippen molar-refractivity contribution in [1.82, 2.24) is 4.90 Å². The highest BCUT2D eigenvalue weighted by atomic mass is 16.3. The second-order valence-corrected chi connectivity index (χ2v) is 5.04. The van der Waals surface area contributed by atoms with Gasteiger partial charge in [-0.1, -0.05) is 12.8 Å². The largest absolute Gasteiger partial charge is 0.468 e. The number of Topliss-reactive ketones (excluding diaryl/α,β-unsaturated/α-hetero) is 1. The molecule has 1 aliphatic rings. The van der Waals surface area contributed by atoms with Gasteiger partial charge in [0.15, 0.2) is 0 Å². The maximum absolute atomic E-state index is 11.9. The lowest BCUT2D eigenvalue weighted by molar-refractivity contribution is -0.123. The molecule has 1 aliphatic carbocycles. The smallest absolute Gasteiger partial charge is 0.137 e. The van der Waals surface area contributed by atoms with Crippen LogP contribution in [0.3, 0.4) is 0 Å². The Labute approximate surface area is 103 Å².